The number of nitrogens with one attached hydrogen (secondary N) is 1. The van der Waals surface area contributed by atoms with Gasteiger partial charge >= 0.3 is 6.03 Å². The third kappa shape index (κ3) is 4.11. The topological polar surface area (TPSA) is 75.4 Å². The van der Waals surface area contributed by atoms with Crippen LogP contribution in [0.25, 0.3) is 0 Å². The minimum Gasteiger partial charge on any atom is -0.355 e. The Balaban J connectivity index is 1.75. The maximum atomic E-state index is 12.0. The molecular weight excluding hydrogens is 298 g/mol. The summed E-state index contributed by atoms with van der Waals surface area (Å²) in [7, 11) is 0. The highest BCUT2D eigenvalue weighted by Gasteiger charge is 2.27. The number of rotatable bonds is 4. The number of hydrogen-bond acceptors (Lipinski definition) is 3. The van der Waals surface area contributed by atoms with Crippen LogP contribution in [-0.2, 0) is 11.2 Å². The molecule has 2 rings (SSSR count). The van der Waals surface area contributed by atoms with Crippen molar-refractivity contribution >= 4 is 34.9 Å². The maximum absolute atomic E-state index is 12.0. The van der Waals surface area contributed by atoms with Gasteiger partial charge in [0, 0.05) is 24.5 Å². The molecule has 0 spiro atoms. The second-order valence-electron chi connectivity index (χ2n) is 4.87. The van der Waals surface area contributed by atoms with E-state index in [4.69, 9.17) is 17.3 Å². The Morgan fingerprint density at radius 2 is 2.30 bits per heavy atom. The summed E-state index contributed by atoms with van der Waals surface area (Å²) in [5.74, 6) is -0.151. The van der Waals surface area contributed by atoms with E-state index in [1.807, 2.05) is 12.1 Å². The highest BCUT2D eigenvalue weighted by molar-refractivity contribution is 7.16. The normalized spacial score (nSPS) is 18.9. The molecule has 1 atom stereocenters. The van der Waals surface area contributed by atoms with Crippen LogP contribution in [0.2, 0.25) is 4.34 Å². The van der Waals surface area contributed by atoms with Crippen molar-refractivity contribution in [1.29, 1.82) is 0 Å². The standard InChI is InChI=1S/C13H18ClN3O2S/c14-11-4-3-10(20-11)5-6-16-12(18)9-2-1-7-17(8-9)13(15)19/h3-4,9H,1-2,5-8H2,(H2,15,19)(H,16,18). The van der Waals surface area contributed by atoms with E-state index in [-0.39, 0.29) is 11.8 Å². The predicted octanol–water partition coefficient (Wildman–Crippen LogP) is 1.85. The van der Waals surface area contributed by atoms with E-state index in [0.29, 0.717) is 19.6 Å². The van der Waals surface area contributed by atoms with Gasteiger partial charge in [0.25, 0.3) is 0 Å². The van der Waals surface area contributed by atoms with Gasteiger partial charge in [0.05, 0.1) is 10.3 Å². The van der Waals surface area contributed by atoms with Gasteiger partial charge in [-0.15, -0.1) is 11.3 Å². The number of halogens is 1. The van der Waals surface area contributed by atoms with Crippen LogP contribution in [0.15, 0.2) is 12.1 Å². The number of primary amides is 1. The lowest BCUT2D eigenvalue weighted by Gasteiger charge is -2.30. The van der Waals surface area contributed by atoms with Crippen molar-refractivity contribution in [2.75, 3.05) is 19.6 Å². The van der Waals surface area contributed by atoms with Gasteiger partial charge in [-0.3, -0.25) is 4.79 Å². The first-order valence-corrected chi connectivity index (χ1v) is 7.82. The van der Waals surface area contributed by atoms with Crippen molar-refractivity contribution < 1.29 is 9.59 Å². The SMILES string of the molecule is NC(=O)N1CCCC(C(=O)NCCc2ccc(Cl)s2)C1. The summed E-state index contributed by atoms with van der Waals surface area (Å²) in [4.78, 5) is 25.9. The quantitative estimate of drug-likeness (QED) is 0.889. The first kappa shape index (κ1) is 15.1. The molecular formula is C13H18ClN3O2S. The van der Waals surface area contributed by atoms with Crippen molar-refractivity contribution in [3.8, 4) is 0 Å². The molecule has 1 saturated heterocycles. The fourth-order valence-corrected chi connectivity index (χ4v) is 3.42. The largest absolute Gasteiger partial charge is 0.355 e. The zero-order chi connectivity index (χ0) is 14.5. The number of likely N-dealkylation sites (tertiary alicyclic amines) is 1. The molecule has 1 fully saturated rings. The smallest absolute Gasteiger partial charge is 0.314 e. The molecule has 5 nitrogen and oxygen atoms in total. The third-order valence-electron chi connectivity index (χ3n) is 3.40. The van der Waals surface area contributed by atoms with Crippen LogP contribution < -0.4 is 11.1 Å². The monoisotopic (exact) mass is 315 g/mol. The number of thiophene rings is 1. The van der Waals surface area contributed by atoms with Crippen LogP contribution in [-0.4, -0.2) is 36.5 Å². The third-order valence-corrected chi connectivity index (χ3v) is 4.69. The van der Waals surface area contributed by atoms with E-state index in [2.05, 4.69) is 5.32 Å². The molecule has 2 heterocycles. The van der Waals surface area contributed by atoms with Gasteiger partial charge < -0.3 is 16.0 Å². The molecule has 1 aromatic rings. The Kier molecular flexibility index (Phi) is 5.25. The van der Waals surface area contributed by atoms with Gasteiger partial charge in [-0.1, -0.05) is 11.6 Å². The molecule has 3 amide bonds. The molecule has 20 heavy (non-hydrogen) atoms. The maximum Gasteiger partial charge on any atom is 0.314 e. The lowest BCUT2D eigenvalue weighted by Crippen LogP contribution is -2.47. The van der Waals surface area contributed by atoms with Crippen LogP contribution in [0.1, 0.15) is 17.7 Å². The molecule has 1 aliphatic heterocycles. The van der Waals surface area contributed by atoms with Crippen LogP contribution in [0, 0.1) is 5.92 Å². The van der Waals surface area contributed by atoms with E-state index >= 15 is 0 Å². The second-order valence-corrected chi connectivity index (χ2v) is 6.67. The number of amides is 3. The Labute approximate surface area is 127 Å². The lowest BCUT2D eigenvalue weighted by molar-refractivity contribution is -0.126. The lowest BCUT2D eigenvalue weighted by atomic mass is 9.97. The number of nitrogens with two attached hydrogens (primary N) is 1. The van der Waals surface area contributed by atoms with Crippen LogP contribution in [0.3, 0.4) is 0 Å². The number of carbonyl (C=O) groups is 2. The molecule has 1 aromatic heterocycles. The predicted molar refractivity (Wildman–Crippen MR) is 79.9 cm³/mol. The van der Waals surface area contributed by atoms with Gasteiger partial charge in [-0.05, 0) is 31.4 Å². The average Bonchev–Trinajstić information content (AvgIpc) is 2.84. The van der Waals surface area contributed by atoms with Crippen molar-refractivity contribution in [3.63, 3.8) is 0 Å². The summed E-state index contributed by atoms with van der Waals surface area (Å²) < 4.78 is 0.760. The molecule has 3 N–H and O–H groups in total. The average molecular weight is 316 g/mol. The van der Waals surface area contributed by atoms with Crippen molar-refractivity contribution in [3.05, 3.63) is 21.3 Å². The minimum absolute atomic E-state index is 0.00129. The summed E-state index contributed by atoms with van der Waals surface area (Å²) in [6.45, 7) is 1.65. The van der Waals surface area contributed by atoms with Crippen LogP contribution >= 0.6 is 22.9 Å². The molecule has 1 unspecified atom stereocenters. The van der Waals surface area contributed by atoms with Crippen LogP contribution in [0.4, 0.5) is 4.79 Å². The van der Waals surface area contributed by atoms with Crippen molar-refractivity contribution in [2.24, 2.45) is 11.7 Å². The molecule has 0 aromatic carbocycles. The van der Waals surface area contributed by atoms with Gasteiger partial charge in [-0.25, -0.2) is 4.79 Å². The molecule has 0 aliphatic carbocycles. The molecule has 110 valence electrons. The summed E-state index contributed by atoms with van der Waals surface area (Å²) in [5, 5.41) is 2.92. The van der Waals surface area contributed by atoms with E-state index < -0.39 is 6.03 Å². The Morgan fingerprint density at radius 1 is 1.50 bits per heavy atom. The fraction of sp³-hybridized carbons (Fsp3) is 0.538. The molecule has 0 radical (unpaired) electrons. The Bertz CT molecular complexity index is 492. The molecule has 1 aliphatic rings. The zero-order valence-corrected chi connectivity index (χ0v) is 12.7. The molecule has 0 saturated carbocycles. The summed E-state index contributed by atoms with van der Waals surface area (Å²) in [6.07, 6.45) is 2.40. The van der Waals surface area contributed by atoms with Gasteiger partial charge in [0.2, 0.25) is 5.91 Å². The molecule has 0 bridgehead atoms. The fourth-order valence-electron chi connectivity index (χ4n) is 2.33. The van der Waals surface area contributed by atoms with E-state index in [9.17, 15) is 9.59 Å². The summed E-state index contributed by atoms with van der Waals surface area (Å²) in [6, 6.07) is 3.37. The highest BCUT2D eigenvalue weighted by Crippen LogP contribution is 2.21. The van der Waals surface area contributed by atoms with Crippen LogP contribution in [0.5, 0.6) is 0 Å². The van der Waals surface area contributed by atoms with E-state index in [1.54, 1.807) is 0 Å². The number of urea groups is 1. The first-order valence-electron chi connectivity index (χ1n) is 6.62. The van der Waals surface area contributed by atoms with Crippen molar-refractivity contribution in [2.45, 2.75) is 19.3 Å². The Morgan fingerprint density at radius 3 is 2.95 bits per heavy atom. The summed E-state index contributed by atoms with van der Waals surface area (Å²) >= 11 is 7.38. The number of piperidine rings is 1. The van der Waals surface area contributed by atoms with Gasteiger partial charge in [-0.2, -0.15) is 0 Å². The van der Waals surface area contributed by atoms with E-state index in [0.717, 1.165) is 28.5 Å². The minimum atomic E-state index is -0.448. The highest BCUT2D eigenvalue weighted by atomic mass is 35.5. The number of nitrogens with zero attached hydrogens (tertiary/aromatic N) is 1. The second kappa shape index (κ2) is 6.95. The zero-order valence-electron chi connectivity index (χ0n) is 11.1. The van der Waals surface area contributed by atoms with Crippen molar-refractivity contribution in [1.82, 2.24) is 10.2 Å². The van der Waals surface area contributed by atoms with Gasteiger partial charge in [0.1, 0.15) is 0 Å². The molecule has 7 heteroatoms. The number of carbonyl (C=O) groups excluding carboxylic acids is 2. The van der Waals surface area contributed by atoms with E-state index in [1.165, 1.54) is 16.2 Å². The van der Waals surface area contributed by atoms with Gasteiger partial charge in [0.15, 0.2) is 0 Å². The Hall–Kier alpha value is -1.27. The number of hydrogen-bond donors (Lipinski definition) is 2. The summed E-state index contributed by atoms with van der Waals surface area (Å²) in [5.41, 5.74) is 5.25. The first-order chi connectivity index (χ1) is 9.56.